The van der Waals surface area contributed by atoms with Gasteiger partial charge in [-0.1, -0.05) is 12.1 Å². The van der Waals surface area contributed by atoms with Crippen LogP contribution in [0.3, 0.4) is 0 Å². The highest BCUT2D eigenvalue weighted by molar-refractivity contribution is 9.10. The SMILES string of the molecule is Cn1ncc(Br)c1-c1ccc(C(=O)N[C@@H]2CNCC[C@H]2c2cccc(F)c2)s1. The summed E-state index contributed by atoms with van der Waals surface area (Å²) in [7, 11) is 1.87. The van der Waals surface area contributed by atoms with Crippen LogP contribution >= 0.6 is 27.3 Å². The van der Waals surface area contributed by atoms with E-state index in [0.29, 0.717) is 11.4 Å². The van der Waals surface area contributed by atoms with Crippen molar-refractivity contribution in [3.63, 3.8) is 0 Å². The zero-order valence-corrected chi connectivity index (χ0v) is 17.7. The van der Waals surface area contributed by atoms with Gasteiger partial charge in [-0.05, 0) is 58.7 Å². The fourth-order valence-electron chi connectivity index (χ4n) is 3.66. The molecule has 2 aromatic heterocycles. The molecule has 2 N–H and O–H groups in total. The van der Waals surface area contributed by atoms with E-state index < -0.39 is 0 Å². The van der Waals surface area contributed by atoms with Gasteiger partial charge in [-0.15, -0.1) is 11.3 Å². The van der Waals surface area contributed by atoms with Crippen molar-refractivity contribution in [3.8, 4) is 10.6 Å². The maximum atomic E-state index is 13.7. The monoisotopic (exact) mass is 462 g/mol. The number of piperidine rings is 1. The van der Waals surface area contributed by atoms with Crippen LogP contribution < -0.4 is 10.6 Å². The summed E-state index contributed by atoms with van der Waals surface area (Å²) < 4.78 is 16.3. The molecular weight excluding hydrogens is 443 g/mol. The Morgan fingerprint density at radius 2 is 2.25 bits per heavy atom. The van der Waals surface area contributed by atoms with E-state index in [2.05, 4.69) is 31.7 Å². The Hall–Kier alpha value is -2.03. The molecule has 0 unspecified atom stereocenters. The number of thiophene rings is 1. The number of carbonyl (C=O) groups is 1. The molecule has 1 saturated heterocycles. The van der Waals surface area contributed by atoms with Gasteiger partial charge in [0, 0.05) is 25.6 Å². The lowest BCUT2D eigenvalue weighted by atomic mass is 9.86. The highest BCUT2D eigenvalue weighted by Gasteiger charge is 2.28. The third-order valence-electron chi connectivity index (χ3n) is 5.03. The number of aryl methyl sites for hydroxylation is 1. The molecule has 4 rings (SSSR count). The van der Waals surface area contributed by atoms with Crippen molar-refractivity contribution in [1.29, 1.82) is 0 Å². The van der Waals surface area contributed by atoms with Gasteiger partial charge in [0.25, 0.3) is 5.91 Å². The van der Waals surface area contributed by atoms with E-state index in [9.17, 15) is 9.18 Å². The van der Waals surface area contributed by atoms with E-state index in [0.717, 1.165) is 33.6 Å². The lowest BCUT2D eigenvalue weighted by Gasteiger charge is -2.33. The van der Waals surface area contributed by atoms with Crippen molar-refractivity contribution in [1.82, 2.24) is 20.4 Å². The summed E-state index contributed by atoms with van der Waals surface area (Å²) in [5.41, 5.74) is 1.87. The molecule has 1 fully saturated rings. The quantitative estimate of drug-likeness (QED) is 0.617. The molecular formula is C20H20BrFN4OS. The van der Waals surface area contributed by atoms with Gasteiger partial charge < -0.3 is 10.6 Å². The van der Waals surface area contributed by atoms with E-state index in [1.807, 2.05) is 25.2 Å². The van der Waals surface area contributed by atoms with Crippen LogP contribution in [0.25, 0.3) is 10.6 Å². The summed E-state index contributed by atoms with van der Waals surface area (Å²) in [5, 5.41) is 10.7. The van der Waals surface area contributed by atoms with E-state index in [4.69, 9.17) is 0 Å². The predicted octanol–water partition coefficient (Wildman–Crippen LogP) is 3.93. The van der Waals surface area contributed by atoms with Crippen LogP contribution in [0.4, 0.5) is 4.39 Å². The minimum atomic E-state index is -0.245. The van der Waals surface area contributed by atoms with Crippen LogP contribution in [-0.4, -0.2) is 34.8 Å². The molecule has 2 atom stereocenters. The number of amides is 1. The Labute approximate surface area is 175 Å². The maximum absolute atomic E-state index is 13.7. The van der Waals surface area contributed by atoms with Gasteiger partial charge in [-0.3, -0.25) is 9.48 Å². The van der Waals surface area contributed by atoms with Gasteiger partial charge in [0.15, 0.2) is 0 Å². The molecule has 3 aromatic rings. The fraction of sp³-hybridized carbons (Fsp3) is 0.300. The number of benzene rings is 1. The zero-order chi connectivity index (χ0) is 19.7. The van der Waals surface area contributed by atoms with Crippen LogP contribution in [0, 0.1) is 5.82 Å². The first-order chi connectivity index (χ1) is 13.5. The molecule has 5 nitrogen and oxygen atoms in total. The van der Waals surface area contributed by atoms with Crippen molar-refractivity contribution in [2.75, 3.05) is 13.1 Å². The number of nitrogens with one attached hydrogen (secondary N) is 2. The van der Waals surface area contributed by atoms with Crippen molar-refractivity contribution >= 4 is 33.2 Å². The summed E-state index contributed by atoms with van der Waals surface area (Å²) in [6, 6.07) is 10.4. The van der Waals surface area contributed by atoms with E-state index in [-0.39, 0.29) is 23.7 Å². The van der Waals surface area contributed by atoms with Gasteiger partial charge in [-0.25, -0.2) is 4.39 Å². The largest absolute Gasteiger partial charge is 0.347 e. The maximum Gasteiger partial charge on any atom is 0.261 e. The lowest BCUT2D eigenvalue weighted by molar-refractivity contribution is 0.0928. The van der Waals surface area contributed by atoms with E-state index in [1.54, 1.807) is 23.0 Å². The molecule has 0 bridgehead atoms. The van der Waals surface area contributed by atoms with E-state index in [1.165, 1.54) is 17.4 Å². The number of hydrogen-bond donors (Lipinski definition) is 2. The highest BCUT2D eigenvalue weighted by atomic mass is 79.9. The Bertz CT molecular complexity index is 982. The third-order valence-corrected chi connectivity index (χ3v) is 6.70. The summed E-state index contributed by atoms with van der Waals surface area (Å²) in [6.45, 7) is 1.52. The highest BCUT2D eigenvalue weighted by Crippen LogP contribution is 2.33. The average Bonchev–Trinajstić information content (AvgIpc) is 3.28. The van der Waals surface area contributed by atoms with Crippen molar-refractivity contribution in [3.05, 3.63) is 63.3 Å². The van der Waals surface area contributed by atoms with Crippen LogP contribution in [0.5, 0.6) is 0 Å². The standard InChI is InChI=1S/C20H20BrFN4OS/c1-26-19(15(21)10-24-26)17-5-6-18(28-17)20(27)25-16-11-23-8-7-14(16)12-3-2-4-13(22)9-12/h2-6,9-10,14,16,23H,7-8,11H2,1H3,(H,25,27)/t14-,16+/m0/s1. The first-order valence-corrected chi connectivity index (χ1v) is 10.7. The van der Waals surface area contributed by atoms with Crippen LogP contribution in [0.2, 0.25) is 0 Å². The lowest BCUT2D eigenvalue weighted by Crippen LogP contribution is -2.49. The molecule has 0 radical (unpaired) electrons. The normalized spacial score (nSPS) is 19.5. The average molecular weight is 463 g/mol. The van der Waals surface area contributed by atoms with Crippen LogP contribution in [-0.2, 0) is 7.05 Å². The van der Waals surface area contributed by atoms with E-state index >= 15 is 0 Å². The molecule has 0 spiro atoms. The molecule has 1 aliphatic rings. The summed E-state index contributed by atoms with van der Waals surface area (Å²) in [6.07, 6.45) is 2.60. The second kappa shape index (κ2) is 8.14. The number of aromatic nitrogens is 2. The van der Waals surface area contributed by atoms with Crippen molar-refractivity contribution in [2.24, 2.45) is 7.05 Å². The minimum absolute atomic E-state index is 0.0861. The second-order valence-corrected chi connectivity index (χ2v) is 8.80. The smallest absolute Gasteiger partial charge is 0.261 e. The summed E-state index contributed by atoms with van der Waals surface area (Å²) >= 11 is 4.94. The first kappa shape index (κ1) is 19.3. The Morgan fingerprint density at radius 1 is 1.39 bits per heavy atom. The Morgan fingerprint density at radius 3 is 3.00 bits per heavy atom. The summed E-state index contributed by atoms with van der Waals surface area (Å²) in [4.78, 5) is 14.5. The van der Waals surface area contributed by atoms with Gasteiger partial charge >= 0.3 is 0 Å². The first-order valence-electron chi connectivity index (χ1n) is 9.07. The molecule has 0 saturated carbocycles. The van der Waals surface area contributed by atoms with Crippen LogP contribution in [0.1, 0.15) is 27.6 Å². The van der Waals surface area contributed by atoms with Crippen molar-refractivity contribution in [2.45, 2.75) is 18.4 Å². The number of hydrogen-bond acceptors (Lipinski definition) is 4. The molecule has 8 heteroatoms. The van der Waals surface area contributed by atoms with Gasteiger partial charge in [-0.2, -0.15) is 5.10 Å². The minimum Gasteiger partial charge on any atom is -0.347 e. The van der Waals surface area contributed by atoms with Crippen molar-refractivity contribution < 1.29 is 9.18 Å². The number of carbonyl (C=O) groups excluding carboxylic acids is 1. The van der Waals surface area contributed by atoms with Gasteiger partial charge in [0.05, 0.1) is 26.1 Å². The Balaban J connectivity index is 1.52. The second-order valence-electron chi connectivity index (χ2n) is 6.86. The number of rotatable bonds is 4. The number of nitrogens with zero attached hydrogens (tertiary/aromatic N) is 2. The molecule has 28 heavy (non-hydrogen) atoms. The topological polar surface area (TPSA) is 59.0 Å². The summed E-state index contributed by atoms with van der Waals surface area (Å²) in [5.74, 6) is -0.262. The molecule has 3 heterocycles. The molecule has 1 amide bonds. The van der Waals surface area contributed by atoms with Crippen LogP contribution in [0.15, 0.2) is 47.1 Å². The zero-order valence-electron chi connectivity index (χ0n) is 15.3. The molecule has 146 valence electrons. The fourth-order valence-corrected chi connectivity index (χ4v) is 5.35. The van der Waals surface area contributed by atoms with Gasteiger partial charge in [0.2, 0.25) is 0 Å². The van der Waals surface area contributed by atoms with Gasteiger partial charge in [0.1, 0.15) is 5.82 Å². The Kier molecular flexibility index (Phi) is 5.61. The molecule has 1 aliphatic heterocycles. The predicted molar refractivity (Wildman–Crippen MR) is 112 cm³/mol. The molecule has 1 aromatic carbocycles. The number of halogens is 2. The molecule has 0 aliphatic carbocycles. The third kappa shape index (κ3) is 3.90.